The Morgan fingerprint density at radius 2 is 2.50 bits per heavy atom. The number of hydrogen-bond donors (Lipinski definition) is 1. The smallest absolute Gasteiger partial charge is 0.230 e. The zero-order valence-electron chi connectivity index (χ0n) is 7.65. The first-order valence-electron chi connectivity index (χ1n) is 3.97. The SMILES string of the molecule is CNC(=O)CSc1cccc(C#N)n1. The number of nitrogens with one attached hydrogen (secondary N) is 1. The van der Waals surface area contributed by atoms with Crippen molar-refractivity contribution in [2.24, 2.45) is 0 Å². The maximum atomic E-state index is 10.9. The molecule has 14 heavy (non-hydrogen) atoms. The fraction of sp³-hybridized carbons (Fsp3) is 0.222. The normalized spacial score (nSPS) is 9.14. The molecule has 1 rings (SSSR count). The lowest BCUT2D eigenvalue weighted by Crippen LogP contribution is -2.19. The van der Waals surface area contributed by atoms with Crippen LogP contribution in [0.3, 0.4) is 0 Å². The van der Waals surface area contributed by atoms with Crippen molar-refractivity contribution in [1.29, 1.82) is 5.26 Å². The summed E-state index contributed by atoms with van der Waals surface area (Å²) in [5.41, 5.74) is 0.368. The minimum absolute atomic E-state index is 0.0563. The highest BCUT2D eigenvalue weighted by atomic mass is 32.2. The standard InChI is InChI=1S/C9H9N3OS/c1-11-8(13)6-14-9-4-2-3-7(5-10)12-9/h2-4H,6H2,1H3,(H,11,13). The van der Waals surface area contributed by atoms with Crippen molar-refractivity contribution >= 4 is 17.7 Å². The Hall–Kier alpha value is -1.54. The second-order valence-electron chi connectivity index (χ2n) is 2.43. The highest BCUT2D eigenvalue weighted by molar-refractivity contribution is 7.99. The molecule has 0 aliphatic heterocycles. The zero-order chi connectivity index (χ0) is 10.4. The van der Waals surface area contributed by atoms with Gasteiger partial charge >= 0.3 is 0 Å². The van der Waals surface area contributed by atoms with Crippen LogP contribution in [0.1, 0.15) is 5.69 Å². The fourth-order valence-corrected chi connectivity index (χ4v) is 1.53. The van der Waals surface area contributed by atoms with Gasteiger partial charge < -0.3 is 5.32 Å². The van der Waals surface area contributed by atoms with Gasteiger partial charge in [-0.25, -0.2) is 4.98 Å². The second kappa shape index (κ2) is 5.25. The topological polar surface area (TPSA) is 65.8 Å². The van der Waals surface area contributed by atoms with Crippen LogP contribution in [0.2, 0.25) is 0 Å². The van der Waals surface area contributed by atoms with E-state index in [-0.39, 0.29) is 5.91 Å². The average molecular weight is 207 g/mol. The molecular weight excluding hydrogens is 198 g/mol. The highest BCUT2D eigenvalue weighted by Gasteiger charge is 2.01. The summed E-state index contributed by atoms with van der Waals surface area (Å²) in [6.45, 7) is 0. The molecule has 0 unspecified atom stereocenters. The van der Waals surface area contributed by atoms with Crippen LogP contribution in [-0.2, 0) is 4.79 Å². The molecule has 0 radical (unpaired) electrons. The van der Waals surface area contributed by atoms with Gasteiger partial charge in [-0.3, -0.25) is 4.79 Å². The lowest BCUT2D eigenvalue weighted by Gasteiger charge is -1.99. The van der Waals surface area contributed by atoms with Crippen molar-refractivity contribution in [3.05, 3.63) is 23.9 Å². The van der Waals surface area contributed by atoms with Gasteiger partial charge in [0.25, 0.3) is 0 Å². The van der Waals surface area contributed by atoms with E-state index >= 15 is 0 Å². The van der Waals surface area contributed by atoms with Crippen LogP contribution in [-0.4, -0.2) is 23.7 Å². The molecule has 1 aromatic rings. The number of rotatable bonds is 3. The third kappa shape index (κ3) is 3.07. The number of thioether (sulfide) groups is 1. The van der Waals surface area contributed by atoms with E-state index in [0.29, 0.717) is 16.5 Å². The predicted octanol–water partition coefficient (Wildman–Crippen LogP) is 0.791. The van der Waals surface area contributed by atoms with Crippen LogP contribution in [0.5, 0.6) is 0 Å². The van der Waals surface area contributed by atoms with Gasteiger partial charge in [0.2, 0.25) is 5.91 Å². The van der Waals surface area contributed by atoms with Crippen LogP contribution in [0, 0.1) is 11.3 Å². The zero-order valence-corrected chi connectivity index (χ0v) is 8.47. The van der Waals surface area contributed by atoms with E-state index < -0.39 is 0 Å². The minimum Gasteiger partial charge on any atom is -0.358 e. The summed E-state index contributed by atoms with van der Waals surface area (Å²) in [5.74, 6) is 0.262. The lowest BCUT2D eigenvalue weighted by molar-refractivity contribution is -0.118. The Labute approximate surface area is 86.3 Å². The summed E-state index contributed by atoms with van der Waals surface area (Å²) < 4.78 is 0. The van der Waals surface area contributed by atoms with E-state index in [1.807, 2.05) is 6.07 Å². The molecule has 0 aromatic carbocycles. The van der Waals surface area contributed by atoms with Gasteiger partial charge in [0.15, 0.2) is 0 Å². The summed E-state index contributed by atoms with van der Waals surface area (Å²) in [5, 5.41) is 11.8. The molecule has 1 amide bonds. The largest absolute Gasteiger partial charge is 0.358 e. The van der Waals surface area contributed by atoms with Gasteiger partial charge in [-0.2, -0.15) is 5.26 Å². The summed E-state index contributed by atoms with van der Waals surface area (Å²) in [6.07, 6.45) is 0. The molecule has 0 bridgehead atoms. The van der Waals surface area contributed by atoms with Crippen molar-refractivity contribution < 1.29 is 4.79 Å². The minimum atomic E-state index is -0.0563. The monoisotopic (exact) mass is 207 g/mol. The molecule has 0 fully saturated rings. The van der Waals surface area contributed by atoms with E-state index in [1.54, 1.807) is 25.2 Å². The molecule has 5 heteroatoms. The van der Waals surface area contributed by atoms with E-state index in [2.05, 4.69) is 10.3 Å². The van der Waals surface area contributed by atoms with Gasteiger partial charge in [-0.1, -0.05) is 17.8 Å². The van der Waals surface area contributed by atoms with Gasteiger partial charge in [0.05, 0.1) is 10.8 Å². The van der Waals surface area contributed by atoms with Crippen molar-refractivity contribution in [2.45, 2.75) is 5.03 Å². The number of carbonyl (C=O) groups is 1. The second-order valence-corrected chi connectivity index (χ2v) is 3.43. The molecule has 0 saturated carbocycles. The Morgan fingerprint density at radius 3 is 3.14 bits per heavy atom. The Morgan fingerprint density at radius 1 is 1.71 bits per heavy atom. The molecular formula is C9H9N3OS. The molecule has 0 atom stereocenters. The Kier molecular flexibility index (Phi) is 3.95. The van der Waals surface area contributed by atoms with Crippen molar-refractivity contribution in [3.63, 3.8) is 0 Å². The summed E-state index contributed by atoms with van der Waals surface area (Å²) in [7, 11) is 1.59. The van der Waals surface area contributed by atoms with Crippen LogP contribution in [0.25, 0.3) is 0 Å². The average Bonchev–Trinajstić information content (AvgIpc) is 2.26. The van der Waals surface area contributed by atoms with Crippen molar-refractivity contribution in [2.75, 3.05) is 12.8 Å². The molecule has 1 aromatic heterocycles. The first kappa shape index (κ1) is 10.5. The number of hydrogen-bond acceptors (Lipinski definition) is 4. The van der Waals surface area contributed by atoms with E-state index in [0.717, 1.165) is 0 Å². The highest BCUT2D eigenvalue weighted by Crippen LogP contribution is 2.14. The molecule has 0 saturated heterocycles. The van der Waals surface area contributed by atoms with E-state index in [9.17, 15) is 4.79 Å². The van der Waals surface area contributed by atoms with Crippen LogP contribution in [0.4, 0.5) is 0 Å². The lowest BCUT2D eigenvalue weighted by atomic mass is 10.4. The number of pyridine rings is 1. The van der Waals surface area contributed by atoms with Crippen LogP contribution in [0.15, 0.2) is 23.2 Å². The molecule has 72 valence electrons. The Balaban J connectivity index is 2.60. The van der Waals surface area contributed by atoms with Gasteiger partial charge in [-0.05, 0) is 12.1 Å². The third-order valence-electron chi connectivity index (χ3n) is 1.47. The first-order chi connectivity index (χ1) is 6.76. The van der Waals surface area contributed by atoms with Crippen molar-refractivity contribution in [3.8, 4) is 6.07 Å². The summed E-state index contributed by atoms with van der Waals surface area (Å²) >= 11 is 1.31. The number of aromatic nitrogens is 1. The number of amides is 1. The first-order valence-corrected chi connectivity index (χ1v) is 4.95. The predicted molar refractivity (Wildman–Crippen MR) is 53.7 cm³/mol. The van der Waals surface area contributed by atoms with E-state index in [1.165, 1.54) is 11.8 Å². The number of nitrogens with zero attached hydrogens (tertiary/aromatic N) is 2. The maximum absolute atomic E-state index is 10.9. The van der Waals surface area contributed by atoms with Crippen LogP contribution < -0.4 is 5.32 Å². The quantitative estimate of drug-likeness (QED) is 0.744. The number of nitriles is 1. The third-order valence-corrected chi connectivity index (χ3v) is 2.40. The Bertz CT molecular complexity index is 373. The van der Waals surface area contributed by atoms with E-state index in [4.69, 9.17) is 5.26 Å². The fourth-order valence-electron chi connectivity index (χ4n) is 0.769. The summed E-state index contributed by atoms with van der Waals surface area (Å²) in [6, 6.07) is 7.09. The van der Waals surface area contributed by atoms with Crippen LogP contribution >= 0.6 is 11.8 Å². The molecule has 1 heterocycles. The molecule has 0 aliphatic rings. The summed E-state index contributed by atoms with van der Waals surface area (Å²) in [4.78, 5) is 14.9. The van der Waals surface area contributed by atoms with Crippen molar-refractivity contribution in [1.82, 2.24) is 10.3 Å². The van der Waals surface area contributed by atoms with Gasteiger partial charge in [0, 0.05) is 7.05 Å². The molecule has 1 N–H and O–H groups in total. The molecule has 0 spiro atoms. The molecule has 0 aliphatic carbocycles. The maximum Gasteiger partial charge on any atom is 0.230 e. The number of carbonyl (C=O) groups excluding carboxylic acids is 1. The van der Waals surface area contributed by atoms with Gasteiger partial charge in [-0.15, -0.1) is 0 Å². The van der Waals surface area contributed by atoms with Gasteiger partial charge in [0.1, 0.15) is 11.8 Å². The molecule has 4 nitrogen and oxygen atoms in total.